The van der Waals surface area contributed by atoms with Crippen molar-refractivity contribution >= 4 is 12.0 Å². The van der Waals surface area contributed by atoms with Gasteiger partial charge in [0.1, 0.15) is 0 Å². The molecule has 0 aliphatic rings. The molecule has 0 atom stereocenters. The third-order valence-electron chi connectivity index (χ3n) is 1.99. The Labute approximate surface area is 90.0 Å². The van der Waals surface area contributed by atoms with E-state index in [0.29, 0.717) is 13.1 Å². The largest absolute Gasteiger partial charge is 0.353 e. The Morgan fingerprint density at radius 3 is 2.60 bits per heavy atom. The summed E-state index contributed by atoms with van der Waals surface area (Å²) in [6, 6.07) is 8.01. The van der Waals surface area contributed by atoms with Crippen LogP contribution in [-0.4, -0.2) is 12.5 Å². The number of carbonyl (C=O) groups excluding carboxylic acids is 1. The molecule has 0 aromatic heterocycles. The number of rotatable bonds is 4. The van der Waals surface area contributed by atoms with Crippen LogP contribution in [-0.2, 0) is 11.3 Å². The second-order valence-electron chi connectivity index (χ2n) is 3.29. The number of amides is 1. The molecule has 0 bridgehead atoms. The Bertz CT molecular complexity index is 341. The smallest absolute Gasteiger partial charge is 0.217 e. The van der Waals surface area contributed by atoms with Crippen molar-refractivity contribution in [1.29, 1.82) is 0 Å². The Kier molecular flexibility index (Phi) is 4.57. The summed E-state index contributed by atoms with van der Waals surface area (Å²) in [7, 11) is 0. The third kappa shape index (κ3) is 4.42. The molecular formula is C12H16N2O. The van der Waals surface area contributed by atoms with Crippen LogP contribution in [0.15, 0.2) is 30.3 Å². The standard InChI is InChI=1S/C12H16N2O/c1-10(15)14-8-2-3-11-4-6-12(9-13)7-5-11/h2-7H,8-9,13H2,1H3,(H,14,15). The summed E-state index contributed by atoms with van der Waals surface area (Å²) in [6.07, 6.45) is 3.88. The lowest BCUT2D eigenvalue weighted by Gasteiger charge is -1.98. The molecule has 15 heavy (non-hydrogen) atoms. The van der Waals surface area contributed by atoms with E-state index < -0.39 is 0 Å². The Morgan fingerprint density at radius 2 is 2.07 bits per heavy atom. The van der Waals surface area contributed by atoms with E-state index in [1.165, 1.54) is 6.92 Å². The topological polar surface area (TPSA) is 55.1 Å². The summed E-state index contributed by atoms with van der Waals surface area (Å²) in [5, 5.41) is 2.69. The van der Waals surface area contributed by atoms with Gasteiger partial charge in [0.15, 0.2) is 0 Å². The van der Waals surface area contributed by atoms with Gasteiger partial charge in [-0.1, -0.05) is 36.4 Å². The number of benzene rings is 1. The quantitative estimate of drug-likeness (QED) is 0.776. The number of hydrogen-bond acceptors (Lipinski definition) is 2. The van der Waals surface area contributed by atoms with E-state index in [9.17, 15) is 4.79 Å². The first-order chi connectivity index (χ1) is 7.22. The molecule has 0 fully saturated rings. The van der Waals surface area contributed by atoms with E-state index in [1.54, 1.807) is 0 Å². The summed E-state index contributed by atoms with van der Waals surface area (Å²) in [5.74, 6) is -0.0156. The Balaban J connectivity index is 2.46. The number of nitrogens with two attached hydrogens (primary N) is 1. The van der Waals surface area contributed by atoms with Crippen LogP contribution in [0.3, 0.4) is 0 Å². The van der Waals surface area contributed by atoms with Gasteiger partial charge in [0, 0.05) is 20.0 Å². The van der Waals surface area contributed by atoms with Crippen LogP contribution >= 0.6 is 0 Å². The molecule has 0 unspecified atom stereocenters. The van der Waals surface area contributed by atoms with E-state index >= 15 is 0 Å². The molecule has 0 spiro atoms. The van der Waals surface area contributed by atoms with Crippen molar-refractivity contribution in [3.05, 3.63) is 41.5 Å². The molecule has 80 valence electrons. The minimum atomic E-state index is -0.0156. The second-order valence-corrected chi connectivity index (χ2v) is 3.29. The summed E-state index contributed by atoms with van der Waals surface area (Å²) >= 11 is 0. The average molecular weight is 204 g/mol. The highest BCUT2D eigenvalue weighted by molar-refractivity contribution is 5.73. The maximum absolute atomic E-state index is 10.6. The fraction of sp³-hybridized carbons (Fsp3) is 0.250. The molecule has 0 aliphatic heterocycles. The highest BCUT2D eigenvalue weighted by Crippen LogP contribution is 2.05. The van der Waals surface area contributed by atoms with Gasteiger partial charge in [-0.15, -0.1) is 0 Å². The predicted octanol–water partition coefficient (Wildman–Crippen LogP) is 1.29. The molecule has 1 aromatic carbocycles. The van der Waals surface area contributed by atoms with Crippen molar-refractivity contribution in [2.24, 2.45) is 5.73 Å². The van der Waals surface area contributed by atoms with Crippen molar-refractivity contribution in [1.82, 2.24) is 5.32 Å². The van der Waals surface area contributed by atoms with Crippen molar-refractivity contribution in [3.8, 4) is 0 Å². The molecule has 0 aliphatic carbocycles. The monoisotopic (exact) mass is 204 g/mol. The minimum Gasteiger partial charge on any atom is -0.353 e. The molecule has 3 heteroatoms. The van der Waals surface area contributed by atoms with Gasteiger partial charge in [0.05, 0.1) is 0 Å². The molecule has 3 N–H and O–H groups in total. The molecular weight excluding hydrogens is 188 g/mol. The highest BCUT2D eigenvalue weighted by Gasteiger charge is 1.89. The fourth-order valence-corrected chi connectivity index (χ4v) is 1.16. The highest BCUT2D eigenvalue weighted by atomic mass is 16.1. The Morgan fingerprint density at radius 1 is 1.40 bits per heavy atom. The van der Waals surface area contributed by atoms with E-state index in [1.807, 2.05) is 36.4 Å². The third-order valence-corrected chi connectivity index (χ3v) is 1.99. The predicted molar refractivity (Wildman–Crippen MR) is 62.1 cm³/mol. The molecule has 1 rings (SSSR count). The van der Waals surface area contributed by atoms with Crippen LogP contribution in [0.25, 0.3) is 6.08 Å². The summed E-state index contributed by atoms with van der Waals surface area (Å²) in [5.41, 5.74) is 7.72. The van der Waals surface area contributed by atoms with Gasteiger partial charge < -0.3 is 11.1 Å². The first kappa shape index (κ1) is 11.5. The summed E-state index contributed by atoms with van der Waals surface area (Å²) in [6.45, 7) is 2.63. The molecule has 0 heterocycles. The lowest BCUT2D eigenvalue weighted by molar-refractivity contribution is -0.118. The van der Waals surface area contributed by atoms with Gasteiger partial charge in [-0.2, -0.15) is 0 Å². The molecule has 0 saturated heterocycles. The van der Waals surface area contributed by atoms with Crippen LogP contribution in [0.2, 0.25) is 0 Å². The van der Waals surface area contributed by atoms with E-state index in [2.05, 4.69) is 5.32 Å². The normalized spacial score (nSPS) is 10.5. The van der Waals surface area contributed by atoms with Crippen LogP contribution in [0.5, 0.6) is 0 Å². The van der Waals surface area contributed by atoms with Crippen LogP contribution in [0.4, 0.5) is 0 Å². The van der Waals surface area contributed by atoms with Gasteiger partial charge in [-0.3, -0.25) is 4.79 Å². The van der Waals surface area contributed by atoms with Crippen molar-refractivity contribution in [2.75, 3.05) is 6.54 Å². The maximum atomic E-state index is 10.6. The van der Waals surface area contributed by atoms with Gasteiger partial charge in [0.25, 0.3) is 0 Å². The van der Waals surface area contributed by atoms with Gasteiger partial charge in [0.2, 0.25) is 5.91 Å². The zero-order valence-electron chi connectivity index (χ0n) is 8.86. The van der Waals surface area contributed by atoms with Gasteiger partial charge in [-0.05, 0) is 11.1 Å². The second kappa shape index (κ2) is 5.98. The minimum absolute atomic E-state index is 0.0156. The van der Waals surface area contributed by atoms with Crippen molar-refractivity contribution < 1.29 is 4.79 Å². The molecule has 0 radical (unpaired) electrons. The molecule has 1 amide bonds. The summed E-state index contributed by atoms with van der Waals surface area (Å²) in [4.78, 5) is 10.6. The first-order valence-corrected chi connectivity index (χ1v) is 4.92. The average Bonchev–Trinajstić information content (AvgIpc) is 2.25. The SMILES string of the molecule is CC(=O)NCC=Cc1ccc(CN)cc1. The maximum Gasteiger partial charge on any atom is 0.217 e. The van der Waals surface area contributed by atoms with Gasteiger partial charge >= 0.3 is 0 Å². The zero-order valence-corrected chi connectivity index (χ0v) is 8.86. The Hall–Kier alpha value is -1.61. The fourth-order valence-electron chi connectivity index (χ4n) is 1.16. The first-order valence-electron chi connectivity index (χ1n) is 4.92. The number of carbonyl (C=O) groups is 1. The number of hydrogen-bond donors (Lipinski definition) is 2. The van der Waals surface area contributed by atoms with E-state index in [4.69, 9.17) is 5.73 Å². The lowest BCUT2D eigenvalue weighted by atomic mass is 10.1. The van der Waals surface area contributed by atoms with Crippen LogP contribution < -0.4 is 11.1 Å². The molecule has 1 aromatic rings. The number of nitrogens with one attached hydrogen (secondary N) is 1. The molecule has 0 saturated carbocycles. The van der Waals surface area contributed by atoms with Crippen LogP contribution in [0.1, 0.15) is 18.1 Å². The zero-order chi connectivity index (χ0) is 11.1. The molecule has 3 nitrogen and oxygen atoms in total. The van der Waals surface area contributed by atoms with E-state index in [0.717, 1.165) is 11.1 Å². The van der Waals surface area contributed by atoms with E-state index in [-0.39, 0.29) is 5.91 Å². The summed E-state index contributed by atoms with van der Waals surface area (Å²) < 4.78 is 0. The van der Waals surface area contributed by atoms with Crippen LogP contribution in [0, 0.1) is 0 Å². The van der Waals surface area contributed by atoms with Gasteiger partial charge in [-0.25, -0.2) is 0 Å². The van der Waals surface area contributed by atoms with Crippen molar-refractivity contribution in [2.45, 2.75) is 13.5 Å². The lowest BCUT2D eigenvalue weighted by Crippen LogP contribution is -2.19. The van der Waals surface area contributed by atoms with Crippen molar-refractivity contribution in [3.63, 3.8) is 0 Å².